The fourth-order valence-corrected chi connectivity index (χ4v) is 7.12. The van der Waals surface area contributed by atoms with Gasteiger partial charge in [0.25, 0.3) is 0 Å². The van der Waals surface area contributed by atoms with E-state index < -0.39 is 11.5 Å². The van der Waals surface area contributed by atoms with E-state index in [4.69, 9.17) is 4.74 Å². The zero-order chi connectivity index (χ0) is 19.3. The lowest BCUT2D eigenvalue weighted by atomic mass is 9.74. The second-order valence-electron chi connectivity index (χ2n) is 8.72. The molecule has 0 radical (unpaired) electrons. The number of hydrogen-bond acceptors (Lipinski definition) is 4. The van der Waals surface area contributed by atoms with Gasteiger partial charge in [0.1, 0.15) is 5.92 Å². The Morgan fingerprint density at radius 1 is 1.15 bits per heavy atom. The number of Topliss-reactive ketones (excluding diaryl/α,β-unsaturated/α-hetero) is 2. The lowest BCUT2D eigenvalue weighted by Crippen LogP contribution is -2.42. The molecule has 3 aliphatic rings. The zero-order valence-electron chi connectivity index (χ0n) is 16.8. The van der Waals surface area contributed by atoms with Gasteiger partial charge in [-0.05, 0) is 62.5 Å². The van der Waals surface area contributed by atoms with Gasteiger partial charge < -0.3 is 4.74 Å². The van der Waals surface area contributed by atoms with Crippen LogP contribution in [0.3, 0.4) is 0 Å². The highest BCUT2D eigenvalue weighted by Crippen LogP contribution is 2.59. The molecule has 0 amide bonds. The molecule has 0 spiro atoms. The zero-order valence-corrected chi connectivity index (χ0v) is 17.7. The van der Waals surface area contributed by atoms with Crippen LogP contribution >= 0.6 is 11.8 Å². The van der Waals surface area contributed by atoms with Crippen LogP contribution in [0.1, 0.15) is 60.8 Å². The molecule has 4 heteroatoms. The first kappa shape index (κ1) is 19.2. The van der Waals surface area contributed by atoms with Gasteiger partial charge >= 0.3 is 0 Å². The number of ether oxygens (including phenoxy) is 1. The molecule has 4 rings (SSSR count). The standard InChI is InChI=1S/C23H30O3S/c1-5-6-9-27-12-23-8-7-16(26-23)18-20(23)22(25)19(21(18)24)17-14(3)10-13(2)11-15(17)4/h10-11,16,18-20H,5-9,12H2,1-4H3/t16-,18-,19?,20+,23-/m0/s1. The minimum absolute atomic E-state index is 0.0470. The molecular weight excluding hydrogens is 356 g/mol. The molecule has 1 unspecified atom stereocenters. The molecule has 3 fully saturated rings. The molecule has 146 valence electrons. The highest BCUT2D eigenvalue weighted by atomic mass is 32.2. The quantitative estimate of drug-likeness (QED) is 0.532. The van der Waals surface area contributed by atoms with Crippen molar-refractivity contribution in [2.24, 2.45) is 11.8 Å². The normalized spacial score (nSPS) is 34.5. The molecule has 1 aromatic carbocycles. The van der Waals surface area contributed by atoms with Crippen molar-refractivity contribution in [2.45, 2.75) is 71.0 Å². The third-order valence-corrected chi connectivity index (χ3v) is 8.05. The summed E-state index contributed by atoms with van der Waals surface area (Å²) in [6.07, 6.45) is 4.17. The third kappa shape index (κ3) is 2.91. The summed E-state index contributed by atoms with van der Waals surface area (Å²) in [5.74, 6) is 1.16. The summed E-state index contributed by atoms with van der Waals surface area (Å²) in [6.45, 7) is 8.33. The molecule has 0 aromatic heterocycles. The van der Waals surface area contributed by atoms with E-state index in [1.807, 2.05) is 25.6 Å². The highest BCUT2D eigenvalue weighted by molar-refractivity contribution is 7.99. The summed E-state index contributed by atoms with van der Waals surface area (Å²) in [4.78, 5) is 26.9. The second-order valence-corrected chi connectivity index (χ2v) is 9.82. The summed E-state index contributed by atoms with van der Waals surface area (Å²) in [7, 11) is 0. The molecule has 1 aromatic rings. The number of thioether (sulfide) groups is 1. The number of hydrogen-bond donors (Lipinski definition) is 0. The van der Waals surface area contributed by atoms with E-state index in [9.17, 15) is 9.59 Å². The van der Waals surface area contributed by atoms with E-state index in [1.165, 1.54) is 18.4 Å². The Morgan fingerprint density at radius 2 is 1.85 bits per heavy atom. The van der Waals surface area contributed by atoms with Crippen LogP contribution in [0.25, 0.3) is 0 Å². The first-order valence-electron chi connectivity index (χ1n) is 10.3. The van der Waals surface area contributed by atoms with Gasteiger partial charge in [-0.2, -0.15) is 11.8 Å². The van der Waals surface area contributed by atoms with Crippen LogP contribution in [-0.2, 0) is 14.3 Å². The third-order valence-electron chi connectivity index (χ3n) is 6.78. The second kappa shape index (κ2) is 7.04. The van der Waals surface area contributed by atoms with Gasteiger partial charge in [0.2, 0.25) is 0 Å². The molecule has 2 saturated heterocycles. The van der Waals surface area contributed by atoms with Gasteiger partial charge in [-0.3, -0.25) is 9.59 Å². The van der Waals surface area contributed by atoms with Gasteiger partial charge in [-0.15, -0.1) is 0 Å². The predicted molar refractivity (Wildman–Crippen MR) is 109 cm³/mol. The van der Waals surface area contributed by atoms with Crippen molar-refractivity contribution in [3.8, 4) is 0 Å². The van der Waals surface area contributed by atoms with Crippen LogP contribution in [0.15, 0.2) is 12.1 Å². The van der Waals surface area contributed by atoms with Gasteiger partial charge in [-0.25, -0.2) is 0 Å². The molecule has 27 heavy (non-hydrogen) atoms. The van der Waals surface area contributed by atoms with E-state index in [0.717, 1.165) is 41.0 Å². The molecule has 1 saturated carbocycles. The van der Waals surface area contributed by atoms with E-state index >= 15 is 0 Å². The van der Waals surface area contributed by atoms with Crippen molar-refractivity contribution >= 4 is 23.3 Å². The predicted octanol–water partition coefficient (Wildman–Crippen LogP) is 4.54. The molecule has 2 aliphatic heterocycles. The van der Waals surface area contributed by atoms with Crippen molar-refractivity contribution in [2.75, 3.05) is 11.5 Å². The molecule has 2 bridgehead atoms. The fraction of sp³-hybridized carbons (Fsp3) is 0.652. The fourth-order valence-electron chi connectivity index (χ4n) is 5.74. The first-order valence-corrected chi connectivity index (χ1v) is 11.5. The minimum Gasteiger partial charge on any atom is -0.369 e. The Balaban J connectivity index is 1.65. The van der Waals surface area contributed by atoms with Crippen molar-refractivity contribution in [3.63, 3.8) is 0 Å². The van der Waals surface area contributed by atoms with Crippen molar-refractivity contribution in [1.29, 1.82) is 0 Å². The molecule has 2 heterocycles. The highest BCUT2D eigenvalue weighted by Gasteiger charge is 2.69. The van der Waals surface area contributed by atoms with Crippen LogP contribution in [0.5, 0.6) is 0 Å². The number of rotatable bonds is 6. The van der Waals surface area contributed by atoms with Gasteiger partial charge in [0, 0.05) is 5.75 Å². The first-order chi connectivity index (χ1) is 12.9. The van der Waals surface area contributed by atoms with Crippen LogP contribution in [-0.4, -0.2) is 34.8 Å². The van der Waals surface area contributed by atoms with E-state index in [2.05, 4.69) is 26.0 Å². The van der Waals surface area contributed by atoms with E-state index in [-0.39, 0.29) is 29.5 Å². The number of ketones is 2. The molecular formula is C23H30O3S. The number of carbonyl (C=O) groups excluding carboxylic acids is 2. The van der Waals surface area contributed by atoms with E-state index in [1.54, 1.807) is 0 Å². The van der Waals surface area contributed by atoms with Crippen molar-refractivity contribution < 1.29 is 14.3 Å². The Morgan fingerprint density at radius 3 is 2.52 bits per heavy atom. The topological polar surface area (TPSA) is 43.4 Å². The minimum atomic E-state index is -0.579. The monoisotopic (exact) mass is 386 g/mol. The SMILES string of the molecule is CCCCSC[C@]12CC[C@H](O1)[C@@H]1C(=O)C(c3c(C)cc(C)cc3C)C(=O)[C@@H]12. The molecule has 0 N–H and O–H groups in total. The maximum absolute atomic E-state index is 13.6. The maximum Gasteiger partial charge on any atom is 0.154 e. The van der Waals surface area contributed by atoms with Gasteiger partial charge in [0.05, 0.1) is 23.5 Å². The summed E-state index contributed by atoms with van der Waals surface area (Å²) in [5.41, 5.74) is 3.87. The Labute approximate surface area is 166 Å². The summed E-state index contributed by atoms with van der Waals surface area (Å²) in [6, 6.07) is 4.19. The number of carbonyl (C=O) groups is 2. The average Bonchev–Trinajstić information content (AvgIpc) is 3.24. The average molecular weight is 387 g/mol. The Hall–Kier alpha value is -1.13. The smallest absolute Gasteiger partial charge is 0.154 e. The van der Waals surface area contributed by atoms with Crippen LogP contribution in [0.2, 0.25) is 0 Å². The summed E-state index contributed by atoms with van der Waals surface area (Å²) in [5, 5.41) is 0. The maximum atomic E-state index is 13.6. The largest absolute Gasteiger partial charge is 0.369 e. The lowest BCUT2D eigenvalue weighted by molar-refractivity contribution is -0.129. The van der Waals surface area contributed by atoms with Crippen molar-refractivity contribution in [1.82, 2.24) is 0 Å². The molecule has 3 nitrogen and oxygen atoms in total. The molecule has 5 atom stereocenters. The number of fused-ring (bicyclic) bond motifs is 5. The summed E-state index contributed by atoms with van der Waals surface area (Å²) >= 11 is 1.89. The molecule has 1 aliphatic carbocycles. The number of aryl methyl sites for hydroxylation is 3. The Kier molecular flexibility index (Phi) is 5.00. The summed E-state index contributed by atoms with van der Waals surface area (Å²) < 4.78 is 6.35. The van der Waals surface area contributed by atoms with Crippen LogP contribution in [0.4, 0.5) is 0 Å². The number of unbranched alkanes of at least 4 members (excludes halogenated alkanes) is 1. The number of benzene rings is 1. The van der Waals surface area contributed by atoms with Crippen molar-refractivity contribution in [3.05, 3.63) is 34.4 Å². The van der Waals surface area contributed by atoms with Crippen LogP contribution in [0, 0.1) is 32.6 Å². The Bertz CT molecular complexity index is 763. The lowest BCUT2D eigenvalue weighted by Gasteiger charge is -2.31. The van der Waals surface area contributed by atoms with E-state index in [0.29, 0.717) is 0 Å². The van der Waals surface area contributed by atoms with Crippen LogP contribution < -0.4 is 0 Å². The van der Waals surface area contributed by atoms with Gasteiger partial charge in [0.15, 0.2) is 11.6 Å². The van der Waals surface area contributed by atoms with Gasteiger partial charge in [-0.1, -0.05) is 31.0 Å².